The van der Waals surface area contributed by atoms with E-state index in [-0.39, 0.29) is 12.4 Å². The SMILES string of the molecule is Cl.OB(O)c1ccc2c(c1)CCNC2. The van der Waals surface area contributed by atoms with Gasteiger partial charge in [0.1, 0.15) is 0 Å². The first kappa shape index (κ1) is 11.5. The fourth-order valence-electron chi connectivity index (χ4n) is 1.66. The third kappa shape index (κ3) is 2.28. The molecule has 1 heterocycles. The van der Waals surface area contributed by atoms with Crippen LogP contribution in [0.5, 0.6) is 0 Å². The van der Waals surface area contributed by atoms with Gasteiger partial charge in [-0.15, -0.1) is 12.4 Å². The van der Waals surface area contributed by atoms with Gasteiger partial charge in [-0.05, 0) is 29.6 Å². The first-order valence-corrected chi connectivity index (χ1v) is 4.46. The number of hydrogen-bond donors (Lipinski definition) is 3. The van der Waals surface area contributed by atoms with Gasteiger partial charge >= 0.3 is 7.12 Å². The minimum atomic E-state index is -1.35. The Morgan fingerprint density at radius 2 is 2.00 bits per heavy atom. The lowest BCUT2D eigenvalue weighted by molar-refractivity contribution is 0.425. The smallest absolute Gasteiger partial charge is 0.423 e. The van der Waals surface area contributed by atoms with Crippen LogP contribution in [0.15, 0.2) is 18.2 Å². The van der Waals surface area contributed by atoms with E-state index < -0.39 is 7.12 Å². The highest BCUT2D eigenvalue weighted by Gasteiger charge is 2.14. The highest BCUT2D eigenvalue weighted by molar-refractivity contribution is 6.58. The van der Waals surface area contributed by atoms with E-state index in [0.29, 0.717) is 5.46 Å². The second kappa shape index (κ2) is 4.80. The molecule has 0 saturated carbocycles. The molecule has 1 aliphatic rings. The van der Waals surface area contributed by atoms with Crippen LogP contribution < -0.4 is 10.8 Å². The van der Waals surface area contributed by atoms with Crippen molar-refractivity contribution in [2.45, 2.75) is 13.0 Å². The topological polar surface area (TPSA) is 52.5 Å². The number of fused-ring (bicyclic) bond motifs is 1. The maximum Gasteiger partial charge on any atom is 0.488 e. The zero-order valence-corrected chi connectivity index (χ0v) is 8.55. The lowest BCUT2D eigenvalue weighted by Crippen LogP contribution is -2.32. The van der Waals surface area contributed by atoms with E-state index in [1.165, 1.54) is 11.1 Å². The van der Waals surface area contributed by atoms with E-state index in [1.54, 1.807) is 6.07 Å². The molecule has 0 fully saturated rings. The summed E-state index contributed by atoms with van der Waals surface area (Å²) >= 11 is 0. The summed E-state index contributed by atoms with van der Waals surface area (Å²) in [5, 5.41) is 21.2. The average Bonchev–Trinajstić information content (AvgIpc) is 2.17. The first-order chi connectivity index (χ1) is 6.27. The number of benzene rings is 1. The van der Waals surface area contributed by atoms with Crippen LogP contribution in [-0.2, 0) is 13.0 Å². The summed E-state index contributed by atoms with van der Waals surface area (Å²) in [6.07, 6.45) is 0.968. The molecule has 0 atom stereocenters. The molecular weight excluding hydrogens is 200 g/mol. The van der Waals surface area contributed by atoms with Crippen molar-refractivity contribution in [1.29, 1.82) is 0 Å². The number of halogens is 1. The molecule has 1 aromatic carbocycles. The fraction of sp³-hybridized carbons (Fsp3) is 0.333. The predicted octanol–water partition coefficient (Wildman–Crippen LogP) is -0.566. The van der Waals surface area contributed by atoms with Crippen molar-refractivity contribution in [1.82, 2.24) is 5.32 Å². The van der Waals surface area contributed by atoms with E-state index in [2.05, 4.69) is 5.32 Å². The van der Waals surface area contributed by atoms with Crippen molar-refractivity contribution in [3.05, 3.63) is 29.3 Å². The van der Waals surface area contributed by atoms with E-state index in [1.807, 2.05) is 12.1 Å². The van der Waals surface area contributed by atoms with Gasteiger partial charge in [0.25, 0.3) is 0 Å². The van der Waals surface area contributed by atoms with Crippen LogP contribution in [-0.4, -0.2) is 23.7 Å². The molecule has 0 amide bonds. The monoisotopic (exact) mass is 213 g/mol. The van der Waals surface area contributed by atoms with Gasteiger partial charge in [0.15, 0.2) is 0 Å². The highest BCUT2D eigenvalue weighted by Crippen LogP contribution is 2.11. The zero-order valence-electron chi connectivity index (χ0n) is 7.73. The summed E-state index contributed by atoms with van der Waals surface area (Å²) in [7, 11) is -1.35. The van der Waals surface area contributed by atoms with Gasteiger partial charge in [0, 0.05) is 6.54 Å². The Labute approximate surface area is 89.7 Å². The minimum Gasteiger partial charge on any atom is -0.423 e. The van der Waals surface area contributed by atoms with Gasteiger partial charge in [0.2, 0.25) is 0 Å². The van der Waals surface area contributed by atoms with E-state index in [4.69, 9.17) is 10.0 Å². The third-order valence-corrected chi connectivity index (χ3v) is 2.42. The molecule has 3 nitrogen and oxygen atoms in total. The quantitative estimate of drug-likeness (QED) is 0.548. The molecule has 1 aliphatic heterocycles. The largest absolute Gasteiger partial charge is 0.488 e. The van der Waals surface area contributed by atoms with E-state index in [0.717, 1.165) is 19.5 Å². The molecule has 0 saturated heterocycles. The van der Waals surface area contributed by atoms with Gasteiger partial charge in [-0.3, -0.25) is 0 Å². The van der Waals surface area contributed by atoms with Gasteiger partial charge in [0.05, 0.1) is 0 Å². The lowest BCUT2D eigenvalue weighted by atomic mass is 9.78. The Balaban J connectivity index is 0.000000980. The standard InChI is InChI=1S/C9H12BNO2.ClH/c12-10(13)9-2-1-8-6-11-4-3-7(8)5-9;/h1-2,5,11-13H,3-4,6H2;1H. The molecule has 3 N–H and O–H groups in total. The van der Waals surface area contributed by atoms with Crippen LogP contribution in [0.3, 0.4) is 0 Å². The first-order valence-electron chi connectivity index (χ1n) is 4.46. The molecule has 0 bridgehead atoms. The number of hydrogen-bond acceptors (Lipinski definition) is 3. The molecule has 14 heavy (non-hydrogen) atoms. The van der Waals surface area contributed by atoms with Crippen LogP contribution in [0.4, 0.5) is 0 Å². The molecule has 0 aliphatic carbocycles. The summed E-state index contributed by atoms with van der Waals surface area (Å²) in [6, 6.07) is 5.59. The maximum atomic E-state index is 8.97. The number of nitrogens with one attached hydrogen (secondary N) is 1. The van der Waals surface area contributed by atoms with Gasteiger partial charge in [-0.1, -0.05) is 18.2 Å². The summed E-state index contributed by atoms with van der Waals surface area (Å²) < 4.78 is 0. The van der Waals surface area contributed by atoms with E-state index in [9.17, 15) is 0 Å². The fourth-order valence-corrected chi connectivity index (χ4v) is 1.66. The Bertz CT molecular complexity index is 320. The number of rotatable bonds is 1. The molecule has 0 radical (unpaired) electrons. The molecule has 0 aromatic heterocycles. The predicted molar refractivity (Wildman–Crippen MR) is 58.9 cm³/mol. The third-order valence-electron chi connectivity index (χ3n) is 2.42. The van der Waals surface area contributed by atoms with Gasteiger partial charge in [-0.2, -0.15) is 0 Å². The summed E-state index contributed by atoms with van der Waals surface area (Å²) in [6.45, 7) is 1.86. The maximum absolute atomic E-state index is 8.97. The molecule has 5 heteroatoms. The average molecular weight is 213 g/mol. The Kier molecular flexibility index (Phi) is 3.95. The second-order valence-electron chi connectivity index (χ2n) is 3.33. The Hall–Kier alpha value is -0.545. The Morgan fingerprint density at radius 3 is 2.71 bits per heavy atom. The molecule has 2 rings (SSSR count). The van der Waals surface area contributed by atoms with Crippen molar-refractivity contribution in [2.24, 2.45) is 0 Å². The van der Waals surface area contributed by atoms with Crippen molar-refractivity contribution in [3.63, 3.8) is 0 Å². The van der Waals surface area contributed by atoms with Crippen molar-refractivity contribution in [3.8, 4) is 0 Å². The minimum absolute atomic E-state index is 0. The van der Waals surface area contributed by atoms with Crippen LogP contribution >= 0.6 is 12.4 Å². The summed E-state index contributed by atoms with van der Waals surface area (Å²) in [5.41, 5.74) is 3.07. The molecule has 76 valence electrons. The van der Waals surface area contributed by atoms with Crippen LogP contribution in [0.25, 0.3) is 0 Å². The van der Waals surface area contributed by atoms with Crippen molar-refractivity contribution in [2.75, 3.05) is 6.54 Å². The lowest BCUT2D eigenvalue weighted by Gasteiger charge is -2.17. The Morgan fingerprint density at radius 1 is 1.21 bits per heavy atom. The van der Waals surface area contributed by atoms with E-state index >= 15 is 0 Å². The highest BCUT2D eigenvalue weighted by atomic mass is 35.5. The van der Waals surface area contributed by atoms with Crippen LogP contribution in [0.2, 0.25) is 0 Å². The molecule has 1 aromatic rings. The summed E-state index contributed by atoms with van der Waals surface area (Å²) in [5.74, 6) is 0. The molecule has 0 unspecified atom stereocenters. The van der Waals surface area contributed by atoms with Gasteiger partial charge < -0.3 is 15.4 Å². The van der Waals surface area contributed by atoms with Crippen LogP contribution in [0.1, 0.15) is 11.1 Å². The zero-order chi connectivity index (χ0) is 9.26. The molecular formula is C9H13BClNO2. The van der Waals surface area contributed by atoms with Gasteiger partial charge in [-0.25, -0.2) is 0 Å². The normalized spacial score (nSPS) is 14.1. The molecule has 0 spiro atoms. The van der Waals surface area contributed by atoms with Crippen LogP contribution in [0, 0.1) is 0 Å². The van der Waals surface area contributed by atoms with Crippen molar-refractivity contribution < 1.29 is 10.0 Å². The second-order valence-corrected chi connectivity index (χ2v) is 3.33. The summed E-state index contributed by atoms with van der Waals surface area (Å²) in [4.78, 5) is 0. The van der Waals surface area contributed by atoms with Crippen molar-refractivity contribution >= 4 is 25.0 Å².